The predicted molar refractivity (Wildman–Crippen MR) is 79.0 cm³/mol. The fourth-order valence-electron chi connectivity index (χ4n) is 1.67. The van der Waals surface area contributed by atoms with Gasteiger partial charge in [0.1, 0.15) is 0 Å². The van der Waals surface area contributed by atoms with Crippen molar-refractivity contribution in [3.05, 3.63) is 37.4 Å². The molecule has 1 aromatic rings. The van der Waals surface area contributed by atoms with Gasteiger partial charge < -0.3 is 10.4 Å². The zero-order valence-corrected chi connectivity index (χ0v) is 12.7. The van der Waals surface area contributed by atoms with Crippen LogP contribution in [-0.2, 0) is 0 Å². The third kappa shape index (κ3) is 4.75. The average Bonchev–Trinajstić information content (AvgIpc) is 2.27. The second kappa shape index (κ2) is 6.80. The smallest absolute Gasteiger partial charge is 0.270 e. The van der Waals surface area contributed by atoms with Gasteiger partial charge in [0.05, 0.1) is 16.6 Å². The molecule has 7 heteroatoms. The van der Waals surface area contributed by atoms with Gasteiger partial charge in [-0.1, -0.05) is 0 Å². The van der Waals surface area contributed by atoms with Crippen LogP contribution in [0.25, 0.3) is 0 Å². The van der Waals surface area contributed by atoms with Gasteiger partial charge in [0.2, 0.25) is 0 Å². The minimum atomic E-state index is -0.536. The van der Waals surface area contributed by atoms with Crippen molar-refractivity contribution in [2.75, 3.05) is 0 Å². The summed E-state index contributed by atoms with van der Waals surface area (Å²) in [6, 6.07) is 3.94. The number of benzene rings is 1. The summed E-state index contributed by atoms with van der Waals surface area (Å²) in [7, 11) is 0. The first-order valence-corrected chi connectivity index (χ1v) is 6.82. The second-order valence-corrected chi connectivity index (χ2v) is 5.54. The number of nitrogens with one attached hydrogen (secondary N) is 1. The lowest BCUT2D eigenvalue weighted by molar-refractivity contribution is -0.384. The molecule has 0 aliphatic heterocycles. The molecule has 0 saturated carbocycles. The monoisotopic (exact) mass is 378 g/mol. The van der Waals surface area contributed by atoms with Crippen LogP contribution in [-0.4, -0.2) is 28.1 Å². The van der Waals surface area contributed by atoms with Crippen LogP contribution in [0.3, 0.4) is 0 Å². The SMILES string of the molecule is CC(O)CC(C)NC(=O)c1cc([N+](=O)[O-])ccc1I. The molecule has 0 radical (unpaired) electrons. The van der Waals surface area contributed by atoms with Gasteiger partial charge in [-0.2, -0.15) is 0 Å². The van der Waals surface area contributed by atoms with Crippen LogP contribution in [0.2, 0.25) is 0 Å². The molecule has 1 aromatic carbocycles. The number of nitro benzene ring substituents is 1. The maximum absolute atomic E-state index is 12.0. The largest absolute Gasteiger partial charge is 0.393 e. The number of halogens is 1. The molecular formula is C12H15IN2O4. The number of nitro groups is 1. The van der Waals surface area contributed by atoms with Gasteiger partial charge in [-0.15, -0.1) is 0 Å². The standard InChI is InChI=1S/C12H15IN2O4/c1-7(5-8(2)16)14-12(17)10-6-9(15(18)19)3-4-11(10)13/h3-4,6-8,16H,5H2,1-2H3,(H,14,17). The van der Waals surface area contributed by atoms with E-state index in [1.165, 1.54) is 18.2 Å². The zero-order chi connectivity index (χ0) is 14.6. The molecule has 0 saturated heterocycles. The molecule has 1 rings (SSSR count). The molecule has 0 heterocycles. The van der Waals surface area contributed by atoms with E-state index in [0.29, 0.717) is 9.99 Å². The maximum atomic E-state index is 12.0. The number of aliphatic hydroxyl groups is 1. The number of rotatable bonds is 5. The van der Waals surface area contributed by atoms with Crippen molar-refractivity contribution >= 4 is 34.2 Å². The van der Waals surface area contributed by atoms with Crippen molar-refractivity contribution < 1.29 is 14.8 Å². The Morgan fingerprint density at radius 1 is 1.53 bits per heavy atom. The molecule has 2 N–H and O–H groups in total. The van der Waals surface area contributed by atoms with Crippen LogP contribution < -0.4 is 5.32 Å². The number of nitrogens with zero attached hydrogens (tertiary/aromatic N) is 1. The van der Waals surface area contributed by atoms with E-state index < -0.39 is 11.0 Å². The highest BCUT2D eigenvalue weighted by molar-refractivity contribution is 14.1. The Bertz CT molecular complexity index is 491. The van der Waals surface area contributed by atoms with Crippen LogP contribution >= 0.6 is 22.6 Å². The number of aliphatic hydroxyl groups excluding tert-OH is 1. The summed E-state index contributed by atoms with van der Waals surface area (Å²) in [6.07, 6.45) is -0.0865. The fraction of sp³-hybridized carbons (Fsp3) is 0.417. The van der Waals surface area contributed by atoms with E-state index in [4.69, 9.17) is 0 Å². The molecule has 0 aromatic heterocycles. The van der Waals surface area contributed by atoms with Gasteiger partial charge in [-0.25, -0.2) is 0 Å². The molecular weight excluding hydrogens is 363 g/mol. The van der Waals surface area contributed by atoms with Crippen molar-refractivity contribution in [2.45, 2.75) is 32.4 Å². The normalized spacial score (nSPS) is 13.7. The van der Waals surface area contributed by atoms with E-state index >= 15 is 0 Å². The zero-order valence-electron chi connectivity index (χ0n) is 10.6. The summed E-state index contributed by atoms with van der Waals surface area (Å²) in [4.78, 5) is 22.2. The fourth-order valence-corrected chi connectivity index (χ4v) is 2.25. The minimum Gasteiger partial charge on any atom is -0.393 e. The van der Waals surface area contributed by atoms with Crippen LogP contribution in [0.5, 0.6) is 0 Å². The molecule has 0 aliphatic rings. The van der Waals surface area contributed by atoms with E-state index in [9.17, 15) is 20.0 Å². The van der Waals surface area contributed by atoms with Crippen LogP contribution in [0.4, 0.5) is 5.69 Å². The molecule has 19 heavy (non-hydrogen) atoms. The Morgan fingerprint density at radius 3 is 2.68 bits per heavy atom. The van der Waals surface area contributed by atoms with E-state index in [-0.39, 0.29) is 23.2 Å². The van der Waals surface area contributed by atoms with E-state index in [0.717, 1.165) is 0 Å². The van der Waals surface area contributed by atoms with E-state index in [2.05, 4.69) is 5.32 Å². The Hall–Kier alpha value is -1.22. The molecule has 0 spiro atoms. The summed E-state index contributed by atoms with van der Waals surface area (Å²) in [5.74, 6) is -0.374. The van der Waals surface area contributed by atoms with Crippen molar-refractivity contribution in [1.82, 2.24) is 5.32 Å². The lowest BCUT2D eigenvalue weighted by Crippen LogP contribution is -2.35. The first kappa shape index (κ1) is 15.8. The molecule has 0 bridgehead atoms. The Balaban J connectivity index is 2.87. The average molecular weight is 378 g/mol. The highest BCUT2D eigenvalue weighted by Gasteiger charge is 2.17. The Kier molecular flexibility index (Phi) is 5.67. The van der Waals surface area contributed by atoms with Crippen molar-refractivity contribution in [1.29, 1.82) is 0 Å². The number of amides is 1. The third-order valence-corrected chi connectivity index (χ3v) is 3.42. The summed E-state index contributed by atoms with van der Waals surface area (Å²) >= 11 is 1.96. The van der Waals surface area contributed by atoms with Crippen molar-refractivity contribution in [2.24, 2.45) is 0 Å². The molecule has 104 valence electrons. The van der Waals surface area contributed by atoms with Gasteiger partial charge in [0.25, 0.3) is 11.6 Å². The van der Waals surface area contributed by atoms with E-state index in [1.807, 2.05) is 22.6 Å². The maximum Gasteiger partial charge on any atom is 0.270 e. The minimum absolute atomic E-state index is 0.117. The van der Waals surface area contributed by atoms with Gasteiger partial charge in [0.15, 0.2) is 0 Å². The first-order valence-electron chi connectivity index (χ1n) is 5.74. The molecule has 1 amide bonds. The topological polar surface area (TPSA) is 92.5 Å². The molecule has 2 unspecified atom stereocenters. The predicted octanol–water partition coefficient (Wildman–Crippen LogP) is 2.09. The lowest BCUT2D eigenvalue weighted by atomic mass is 10.1. The summed E-state index contributed by atoms with van der Waals surface area (Å²) < 4.78 is 0.643. The molecule has 0 aliphatic carbocycles. The summed E-state index contributed by atoms with van der Waals surface area (Å²) in [6.45, 7) is 3.41. The van der Waals surface area contributed by atoms with E-state index in [1.54, 1.807) is 13.8 Å². The third-order valence-electron chi connectivity index (χ3n) is 2.48. The van der Waals surface area contributed by atoms with Gasteiger partial charge in [-0.05, 0) is 48.9 Å². The Labute approximate surface area is 124 Å². The Morgan fingerprint density at radius 2 is 2.16 bits per heavy atom. The second-order valence-electron chi connectivity index (χ2n) is 4.38. The van der Waals surface area contributed by atoms with Gasteiger partial charge in [-0.3, -0.25) is 14.9 Å². The molecule has 0 fully saturated rings. The lowest BCUT2D eigenvalue weighted by Gasteiger charge is -2.15. The van der Waals surface area contributed by atoms with Crippen molar-refractivity contribution in [3.63, 3.8) is 0 Å². The highest BCUT2D eigenvalue weighted by Crippen LogP contribution is 2.19. The van der Waals surface area contributed by atoms with Crippen LogP contribution in [0.15, 0.2) is 18.2 Å². The van der Waals surface area contributed by atoms with Crippen LogP contribution in [0.1, 0.15) is 30.6 Å². The number of carbonyl (C=O) groups excluding carboxylic acids is 1. The highest BCUT2D eigenvalue weighted by atomic mass is 127. The quantitative estimate of drug-likeness (QED) is 0.466. The molecule has 6 nitrogen and oxygen atoms in total. The number of carbonyl (C=O) groups is 1. The molecule has 2 atom stereocenters. The number of hydrogen-bond donors (Lipinski definition) is 2. The van der Waals surface area contributed by atoms with Gasteiger partial charge >= 0.3 is 0 Å². The number of non-ortho nitro benzene ring substituents is 1. The van der Waals surface area contributed by atoms with Gasteiger partial charge in [0, 0.05) is 21.7 Å². The van der Waals surface area contributed by atoms with Crippen LogP contribution in [0, 0.1) is 13.7 Å². The summed E-state index contributed by atoms with van der Waals surface area (Å²) in [5.41, 5.74) is 0.154. The van der Waals surface area contributed by atoms with Crippen molar-refractivity contribution in [3.8, 4) is 0 Å². The summed E-state index contributed by atoms with van der Waals surface area (Å²) in [5, 5.41) is 22.6. The first-order chi connectivity index (χ1) is 8.81. The number of hydrogen-bond acceptors (Lipinski definition) is 4.